The van der Waals surface area contributed by atoms with Crippen LogP contribution in [-0.2, 0) is 4.74 Å². The summed E-state index contributed by atoms with van der Waals surface area (Å²) >= 11 is 0. The number of nitrogens with zero attached hydrogens (tertiary/aromatic N) is 2. The Hall–Kier alpha value is -1.13. The highest BCUT2D eigenvalue weighted by molar-refractivity contribution is 5.41. The van der Waals surface area contributed by atoms with Gasteiger partial charge in [0, 0.05) is 30.1 Å². The molecule has 0 aliphatic carbocycles. The number of nitrogens with one attached hydrogen (secondary N) is 1. The highest BCUT2D eigenvalue weighted by Gasteiger charge is 2.32. The minimum absolute atomic E-state index is 0.296. The van der Waals surface area contributed by atoms with Gasteiger partial charge in [-0.25, -0.2) is 0 Å². The first-order chi connectivity index (χ1) is 9.65. The lowest BCUT2D eigenvalue weighted by molar-refractivity contribution is -0.0924. The van der Waals surface area contributed by atoms with Crippen LogP contribution in [0.25, 0.3) is 0 Å². The summed E-state index contributed by atoms with van der Waals surface area (Å²) in [5.74, 6) is 0.598. The first-order valence-electron chi connectivity index (χ1n) is 7.61. The van der Waals surface area contributed by atoms with E-state index in [1.165, 1.54) is 25.1 Å². The summed E-state index contributed by atoms with van der Waals surface area (Å²) < 4.78 is 5.27. The number of ether oxygens (including phenoxy) is 1. The van der Waals surface area contributed by atoms with Gasteiger partial charge < -0.3 is 15.0 Å². The Morgan fingerprint density at radius 3 is 2.90 bits per heavy atom. The largest absolute Gasteiger partial charge is 0.383 e. The van der Waals surface area contributed by atoms with Gasteiger partial charge in [0.25, 0.3) is 0 Å². The number of anilines is 1. The lowest BCUT2D eigenvalue weighted by Gasteiger charge is -2.38. The molecular formula is C16H25N3O. The lowest BCUT2D eigenvalue weighted by Crippen LogP contribution is -2.45. The maximum atomic E-state index is 5.27. The smallest absolute Gasteiger partial charge is 0.0559 e. The van der Waals surface area contributed by atoms with E-state index in [2.05, 4.69) is 41.3 Å². The monoisotopic (exact) mass is 275 g/mol. The van der Waals surface area contributed by atoms with Gasteiger partial charge in [-0.2, -0.15) is 0 Å². The standard InChI is InChI=1S/C16H25N3O/c1-16(11-20-12-16)10-18-14-5-6-15(17-8-14)13-4-3-7-19(2)9-13/h5-6,8,13,18H,3-4,7,9-12H2,1-2H3. The molecule has 0 aromatic carbocycles. The lowest BCUT2D eigenvalue weighted by atomic mass is 9.89. The highest BCUT2D eigenvalue weighted by atomic mass is 16.5. The third-order valence-electron chi connectivity index (χ3n) is 4.45. The molecule has 0 spiro atoms. The maximum Gasteiger partial charge on any atom is 0.0559 e. The summed E-state index contributed by atoms with van der Waals surface area (Å²) in [6, 6.07) is 4.35. The molecule has 1 aromatic rings. The first-order valence-corrected chi connectivity index (χ1v) is 7.61. The molecule has 1 aromatic heterocycles. The second kappa shape index (κ2) is 5.70. The number of likely N-dealkylation sites (N-methyl/N-ethyl adjacent to an activating group) is 1. The molecule has 0 saturated carbocycles. The number of aromatic nitrogens is 1. The van der Waals surface area contributed by atoms with Crippen molar-refractivity contribution in [3.8, 4) is 0 Å². The van der Waals surface area contributed by atoms with E-state index in [-0.39, 0.29) is 0 Å². The fourth-order valence-corrected chi connectivity index (χ4v) is 3.03. The number of hydrogen-bond donors (Lipinski definition) is 1. The van der Waals surface area contributed by atoms with Gasteiger partial charge >= 0.3 is 0 Å². The normalized spacial score (nSPS) is 26.0. The van der Waals surface area contributed by atoms with Crippen molar-refractivity contribution in [2.24, 2.45) is 5.41 Å². The van der Waals surface area contributed by atoms with Gasteiger partial charge in [0.15, 0.2) is 0 Å². The molecule has 1 N–H and O–H groups in total. The number of hydrogen-bond acceptors (Lipinski definition) is 4. The molecule has 2 aliphatic heterocycles. The molecule has 4 heteroatoms. The van der Waals surface area contributed by atoms with Crippen molar-refractivity contribution >= 4 is 5.69 Å². The summed E-state index contributed by atoms with van der Waals surface area (Å²) in [6.45, 7) is 7.29. The summed E-state index contributed by atoms with van der Waals surface area (Å²) in [7, 11) is 2.20. The van der Waals surface area contributed by atoms with Crippen molar-refractivity contribution in [2.45, 2.75) is 25.7 Å². The summed E-state index contributed by atoms with van der Waals surface area (Å²) in [4.78, 5) is 7.06. The Bertz CT molecular complexity index is 442. The van der Waals surface area contributed by atoms with Crippen LogP contribution in [0.1, 0.15) is 31.4 Å². The molecule has 3 rings (SSSR count). The molecule has 2 fully saturated rings. The van der Waals surface area contributed by atoms with E-state index in [1.54, 1.807) is 0 Å². The minimum atomic E-state index is 0.296. The predicted octanol–water partition coefficient (Wildman–Crippen LogP) is 2.34. The molecule has 0 radical (unpaired) electrons. The number of likely N-dealkylation sites (tertiary alicyclic amines) is 1. The van der Waals surface area contributed by atoms with Gasteiger partial charge in [0.1, 0.15) is 0 Å². The molecule has 2 aliphatic rings. The second-order valence-corrected chi connectivity index (χ2v) is 6.73. The van der Waals surface area contributed by atoms with Crippen LogP contribution in [0.5, 0.6) is 0 Å². The van der Waals surface area contributed by atoms with Gasteiger partial charge in [0.05, 0.1) is 25.1 Å². The fraction of sp³-hybridized carbons (Fsp3) is 0.688. The van der Waals surface area contributed by atoms with Gasteiger partial charge in [-0.05, 0) is 38.6 Å². The van der Waals surface area contributed by atoms with Crippen LogP contribution in [0.3, 0.4) is 0 Å². The van der Waals surface area contributed by atoms with Crippen LogP contribution >= 0.6 is 0 Å². The van der Waals surface area contributed by atoms with Crippen molar-refractivity contribution in [3.63, 3.8) is 0 Å². The summed E-state index contributed by atoms with van der Waals surface area (Å²) in [5.41, 5.74) is 2.65. The molecule has 1 atom stereocenters. The van der Waals surface area contributed by atoms with E-state index in [0.29, 0.717) is 11.3 Å². The third kappa shape index (κ3) is 3.13. The Kier molecular flexibility index (Phi) is 3.94. The molecule has 2 saturated heterocycles. The fourth-order valence-electron chi connectivity index (χ4n) is 3.03. The van der Waals surface area contributed by atoms with Crippen molar-refractivity contribution < 1.29 is 4.74 Å². The zero-order valence-corrected chi connectivity index (χ0v) is 12.6. The SMILES string of the molecule is CN1CCCC(c2ccc(NCC3(C)COC3)cn2)C1. The number of piperidine rings is 1. The van der Waals surface area contributed by atoms with E-state index < -0.39 is 0 Å². The molecule has 1 unspecified atom stereocenters. The average molecular weight is 275 g/mol. The Morgan fingerprint density at radius 2 is 2.30 bits per heavy atom. The van der Waals surface area contributed by atoms with E-state index in [4.69, 9.17) is 4.74 Å². The molecule has 0 amide bonds. The van der Waals surface area contributed by atoms with Crippen molar-refractivity contribution in [3.05, 3.63) is 24.0 Å². The van der Waals surface area contributed by atoms with E-state index >= 15 is 0 Å². The number of pyridine rings is 1. The molecule has 4 nitrogen and oxygen atoms in total. The zero-order valence-electron chi connectivity index (χ0n) is 12.6. The van der Waals surface area contributed by atoms with E-state index in [9.17, 15) is 0 Å². The zero-order chi connectivity index (χ0) is 14.0. The highest BCUT2D eigenvalue weighted by Crippen LogP contribution is 2.28. The van der Waals surface area contributed by atoms with Crippen LogP contribution in [0.15, 0.2) is 18.3 Å². The third-order valence-corrected chi connectivity index (χ3v) is 4.45. The van der Waals surface area contributed by atoms with Gasteiger partial charge in [-0.15, -0.1) is 0 Å². The molecule has 110 valence electrons. The summed E-state index contributed by atoms with van der Waals surface area (Å²) in [5, 5.41) is 3.47. The van der Waals surface area contributed by atoms with Crippen molar-refractivity contribution in [1.29, 1.82) is 0 Å². The Morgan fingerprint density at radius 1 is 1.45 bits per heavy atom. The first kappa shape index (κ1) is 13.8. The quantitative estimate of drug-likeness (QED) is 0.915. The summed E-state index contributed by atoms with van der Waals surface area (Å²) in [6.07, 6.45) is 4.52. The maximum absolute atomic E-state index is 5.27. The topological polar surface area (TPSA) is 37.4 Å². The van der Waals surface area contributed by atoms with Gasteiger partial charge in [-0.1, -0.05) is 6.92 Å². The van der Waals surface area contributed by atoms with E-state index in [0.717, 1.165) is 32.0 Å². The van der Waals surface area contributed by atoms with Crippen LogP contribution in [0.4, 0.5) is 5.69 Å². The second-order valence-electron chi connectivity index (χ2n) is 6.73. The van der Waals surface area contributed by atoms with Crippen LogP contribution in [-0.4, -0.2) is 49.8 Å². The van der Waals surface area contributed by atoms with Crippen LogP contribution in [0.2, 0.25) is 0 Å². The average Bonchev–Trinajstić information content (AvgIpc) is 2.44. The Balaban J connectivity index is 1.56. The van der Waals surface area contributed by atoms with Gasteiger partial charge in [0.2, 0.25) is 0 Å². The van der Waals surface area contributed by atoms with Crippen LogP contribution < -0.4 is 5.32 Å². The van der Waals surface area contributed by atoms with E-state index in [1.807, 2.05) is 6.20 Å². The predicted molar refractivity (Wildman–Crippen MR) is 81.1 cm³/mol. The molecule has 0 bridgehead atoms. The molecular weight excluding hydrogens is 250 g/mol. The molecule has 3 heterocycles. The van der Waals surface area contributed by atoms with Gasteiger partial charge in [-0.3, -0.25) is 4.98 Å². The molecule has 20 heavy (non-hydrogen) atoms. The Labute approximate surface area is 121 Å². The van der Waals surface area contributed by atoms with Crippen molar-refractivity contribution in [1.82, 2.24) is 9.88 Å². The minimum Gasteiger partial charge on any atom is -0.383 e. The van der Waals surface area contributed by atoms with Crippen LogP contribution in [0, 0.1) is 5.41 Å². The number of rotatable bonds is 4. The van der Waals surface area contributed by atoms with Crippen molar-refractivity contribution in [2.75, 3.05) is 45.2 Å².